The van der Waals surface area contributed by atoms with Crippen LogP contribution in [0.4, 0.5) is 0 Å². The van der Waals surface area contributed by atoms with Gasteiger partial charge < -0.3 is 4.74 Å². The maximum atomic E-state index is 10.9. The number of carbonyl (C=O) groups is 1. The van der Waals surface area contributed by atoms with Crippen LogP contribution in [0.5, 0.6) is 0 Å². The molecule has 0 rings (SSSR count). The van der Waals surface area contributed by atoms with E-state index >= 15 is 0 Å². The van der Waals surface area contributed by atoms with Crippen LogP contribution in [0, 0.1) is 5.41 Å². The van der Waals surface area contributed by atoms with Gasteiger partial charge in [-0.25, -0.2) is 0 Å². The van der Waals surface area contributed by atoms with E-state index in [9.17, 15) is 4.79 Å². The molecule has 3 heteroatoms. The lowest BCUT2D eigenvalue weighted by molar-refractivity contribution is -0.145. The number of hydrogen-bond donors (Lipinski definition) is 0. The van der Waals surface area contributed by atoms with Crippen molar-refractivity contribution in [1.29, 1.82) is 0 Å². The highest BCUT2D eigenvalue weighted by atomic mass is 79.9. The summed E-state index contributed by atoms with van der Waals surface area (Å²) in [7, 11) is 0. The first-order chi connectivity index (χ1) is 4.83. The van der Waals surface area contributed by atoms with Crippen LogP contribution in [-0.2, 0) is 9.53 Å². The van der Waals surface area contributed by atoms with Crippen LogP contribution in [0.3, 0.4) is 0 Å². The summed E-state index contributed by atoms with van der Waals surface area (Å²) < 4.78 is 4.98. The molecule has 0 saturated heterocycles. The van der Waals surface area contributed by atoms with Crippen LogP contribution >= 0.6 is 15.9 Å². The molecule has 0 unspecified atom stereocenters. The minimum absolute atomic E-state index is 0.0531. The molecule has 0 radical (unpaired) electrons. The predicted molar refractivity (Wildman–Crippen MR) is 48.8 cm³/mol. The van der Waals surface area contributed by atoms with Crippen molar-refractivity contribution in [3.8, 4) is 0 Å². The summed E-state index contributed by atoms with van der Waals surface area (Å²) in [5, 5.41) is 0. The van der Waals surface area contributed by atoms with E-state index in [0.717, 1.165) is 0 Å². The molecule has 11 heavy (non-hydrogen) atoms. The fraction of sp³-hybridized carbons (Fsp3) is 0.875. The molecular weight excluding hydrogens is 208 g/mol. The van der Waals surface area contributed by atoms with Crippen LogP contribution in [0.1, 0.15) is 27.7 Å². The van der Waals surface area contributed by atoms with Crippen molar-refractivity contribution in [2.75, 3.05) is 6.61 Å². The normalized spacial score (nSPS) is 14.3. The van der Waals surface area contributed by atoms with E-state index in [0.29, 0.717) is 6.61 Å². The van der Waals surface area contributed by atoms with E-state index in [1.165, 1.54) is 0 Å². The highest BCUT2D eigenvalue weighted by Gasteiger charge is 2.16. The Balaban J connectivity index is 3.64. The second-order valence-corrected chi connectivity index (χ2v) is 5.16. The van der Waals surface area contributed by atoms with E-state index in [2.05, 4.69) is 15.9 Å². The van der Waals surface area contributed by atoms with Gasteiger partial charge in [-0.2, -0.15) is 0 Å². The fourth-order valence-electron chi connectivity index (χ4n) is 0.402. The lowest BCUT2D eigenvalue weighted by Gasteiger charge is -2.18. The van der Waals surface area contributed by atoms with Gasteiger partial charge in [0.2, 0.25) is 0 Å². The zero-order valence-corrected chi connectivity index (χ0v) is 9.06. The number of esters is 1. The number of alkyl halides is 1. The monoisotopic (exact) mass is 222 g/mol. The summed E-state index contributed by atoms with van der Waals surface area (Å²) >= 11 is 3.13. The quantitative estimate of drug-likeness (QED) is 0.530. The highest BCUT2D eigenvalue weighted by Crippen LogP contribution is 2.14. The second kappa shape index (κ2) is 4.10. The van der Waals surface area contributed by atoms with Crippen LogP contribution in [0.2, 0.25) is 0 Å². The summed E-state index contributed by atoms with van der Waals surface area (Å²) in [5.41, 5.74) is 0.0531. The van der Waals surface area contributed by atoms with E-state index < -0.39 is 0 Å². The first-order valence-corrected chi connectivity index (χ1v) is 4.55. The Bertz CT molecular complexity index is 136. The first-order valence-electron chi connectivity index (χ1n) is 3.63. The van der Waals surface area contributed by atoms with Crippen molar-refractivity contribution in [2.45, 2.75) is 32.5 Å². The van der Waals surface area contributed by atoms with Crippen molar-refractivity contribution in [3.05, 3.63) is 0 Å². The maximum Gasteiger partial charge on any atom is 0.319 e. The summed E-state index contributed by atoms with van der Waals surface area (Å²) in [6, 6.07) is 0. The molecule has 0 spiro atoms. The predicted octanol–water partition coefficient (Wildman–Crippen LogP) is 2.36. The number of ether oxygens (including phenoxy) is 1. The lowest BCUT2D eigenvalue weighted by Crippen LogP contribution is -2.22. The Labute approximate surface area is 76.4 Å². The van der Waals surface area contributed by atoms with Gasteiger partial charge in [-0.3, -0.25) is 4.79 Å². The molecule has 0 N–H and O–H groups in total. The molecule has 1 atom stereocenters. The molecule has 66 valence electrons. The van der Waals surface area contributed by atoms with Gasteiger partial charge in [0.25, 0.3) is 0 Å². The van der Waals surface area contributed by atoms with Gasteiger partial charge in [0.05, 0.1) is 6.61 Å². The number of halogens is 1. The van der Waals surface area contributed by atoms with Crippen molar-refractivity contribution in [1.82, 2.24) is 0 Å². The lowest BCUT2D eigenvalue weighted by atomic mass is 9.99. The standard InChI is InChI=1S/C8H15BrO2/c1-6(9)7(10)11-5-8(2,3)4/h6H,5H2,1-4H3/t6-/m0/s1. The third-order valence-electron chi connectivity index (χ3n) is 0.972. The Morgan fingerprint density at radius 3 is 2.27 bits per heavy atom. The zero-order chi connectivity index (χ0) is 9.07. The molecule has 0 aromatic rings. The number of rotatable bonds is 2. The third-order valence-corrected chi connectivity index (χ3v) is 1.35. The van der Waals surface area contributed by atoms with Gasteiger partial charge in [-0.15, -0.1) is 0 Å². The molecule has 0 aromatic heterocycles. The average molecular weight is 223 g/mol. The van der Waals surface area contributed by atoms with Crippen molar-refractivity contribution in [2.24, 2.45) is 5.41 Å². The van der Waals surface area contributed by atoms with Crippen molar-refractivity contribution >= 4 is 21.9 Å². The minimum atomic E-state index is -0.204. The summed E-state index contributed by atoms with van der Waals surface area (Å²) in [4.78, 5) is 10.7. The SMILES string of the molecule is C[C@H](Br)C(=O)OCC(C)(C)C. The highest BCUT2D eigenvalue weighted by molar-refractivity contribution is 9.10. The van der Waals surface area contributed by atoms with Crippen molar-refractivity contribution < 1.29 is 9.53 Å². The summed E-state index contributed by atoms with van der Waals surface area (Å²) in [6.07, 6.45) is 0. The number of hydrogen-bond acceptors (Lipinski definition) is 2. The van der Waals surface area contributed by atoms with E-state index in [1.807, 2.05) is 20.8 Å². The van der Waals surface area contributed by atoms with Crippen LogP contribution in [0.25, 0.3) is 0 Å². The summed E-state index contributed by atoms with van der Waals surface area (Å²) in [6.45, 7) is 8.31. The largest absolute Gasteiger partial charge is 0.464 e. The van der Waals surface area contributed by atoms with E-state index in [4.69, 9.17) is 4.74 Å². The molecule has 0 saturated carbocycles. The average Bonchev–Trinajstić information content (AvgIpc) is 1.80. The van der Waals surface area contributed by atoms with Crippen LogP contribution in [0.15, 0.2) is 0 Å². The van der Waals surface area contributed by atoms with Gasteiger partial charge in [0, 0.05) is 0 Å². The first kappa shape index (κ1) is 11.0. The van der Waals surface area contributed by atoms with Crippen LogP contribution in [-0.4, -0.2) is 17.4 Å². The van der Waals surface area contributed by atoms with Gasteiger partial charge in [0.1, 0.15) is 4.83 Å². The summed E-state index contributed by atoms with van der Waals surface area (Å²) in [5.74, 6) is -0.195. The van der Waals surface area contributed by atoms with E-state index in [1.54, 1.807) is 6.92 Å². The molecule has 0 aliphatic rings. The Hall–Kier alpha value is -0.0500. The molecule has 0 fully saturated rings. The molecular formula is C8H15BrO2. The van der Waals surface area contributed by atoms with Crippen molar-refractivity contribution in [3.63, 3.8) is 0 Å². The third kappa shape index (κ3) is 6.35. The molecule has 0 aliphatic heterocycles. The maximum absolute atomic E-state index is 10.9. The molecule has 0 aromatic carbocycles. The topological polar surface area (TPSA) is 26.3 Å². The smallest absolute Gasteiger partial charge is 0.319 e. The Morgan fingerprint density at radius 1 is 1.55 bits per heavy atom. The second-order valence-electron chi connectivity index (χ2n) is 3.78. The van der Waals surface area contributed by atoms with Gasteiger partial charge in [-0.1, -0.05) is 36.7 Å². The zero-order valence-electron chi connectivity index (χ0n) is 7.48. The number of carbonyl (C=O) groups excluding carboxylic acids is 1. The van der Waals surface area contributed by atoms with Gasteiger partial charge in [0.15, 0.2) is 0 Å². The van der Waals surface area contributed by atoms with Gasteiger partial charge >= 0.3 is 5.97 Å². The minimum Gasteiger partial charge on any atom is -0.464 e. The Kier molecular flexibility index (Phi) is 4.08. The molecule has 0 heterocycles. The molecule has 0 amide bonds. The van der Waals surface area contributed by atoms with Gasteiger partial charge in [-0.05, 0) is 12.3 Å². The molecule has 0 aliphatic carbocycles. The molecule has 2 nitrogen and oxygen atoms in total. The fourth-order valence-corrected chi connectivity index (χ4v) is 0.535. The molecule has 0 bridgehead atoms. The van der Waals surface area contributed by atoms with Crippen LogP contribution < -0.4 is 0 Å². The Morgan fingerprint density at radius 2 is 2.00 bits per heavy atom. The van der Waals surface area contributed by atoms with E-state index in [-0.39, 0.29) is 16.2 Å².